The van der Waals surface area contributed by atoms with Crippen molar-refractivity contribution in [1.29, 1.82) is 0 Å². The minimum Gasteiger partial charge on any atom is -0.308 e. The maximum Gasteiger partial charge on any atom is 0.0312 e. The van der Waals surface area contributed by atoms with E-state index in [0.717, 1.165) is 13.1 Å². The van der Waals surface area contributed by atoms with Gasteiger partial charge in [0.15, 0.2) is 0 Å². The van der Waals surface area contributed by atoms with Crippen molar-refractivity contribution < 1.29 is 0 Å². The van der Waals surface area contributed by atoms with Crippen molar-refractivity contribution in [3.63, 3.8) is 0 Å². The smallest absolute Gasteiger partial charge is 0.0312 e. The van der Waals surface area contributed by atoms with Crippen LogP contribution in [-0.4, -0.2) is 4.98 Å². The van der Waals surface area contributed by atoms with Gasteiger partial charge >= 0.3 is 0 Å². The summed E-state index contributed by atoms with van der Waals surface area (Å²) in [5.41, 5.74) is 2.60. The third kappa shape index (κ3) is 2.88. The second-order valence-corrected chi connectivity index (χ2v) is 4.49. The highest BCUT2D eigenvalue weighted by molar-refractivity contribution is 7.10. The Morgan fingerprint density at radius 1 is 1.33 bits per heavy atom. The van der Waals surface area contributed by atoms with Crippen LogP contribution in [0.2, 0.25) is 0 Å². The van der Waals surface area contributed by atoms with E-state index in [1.54, 1.807) is 17.5 Å². The molecule has 3 heteroatoms. The van der Waals surface area contributed by atoms with Crippen molar-refractivity contribution >= 4 is 11.3 Å². The fraction of sp³-hybridized carbons (Fsp3) is 0.250. The summed E-state index contributed by atoms with van der Waals surface area (Å²) in [7, 11) is 0. The first-order chi connectivity index (χ1) is 7.36. The fourth-order valence-corrected chi connectivity index (χ4v) is 2.28. The molecule has 0 aliphatic carbocycles. The molecule has 2 aromatic rings. The van der Waals surface area contributed by atoms with Gasteiger partial charge in [-0.2, -0.15) is 0 Å². The highest BCUT2D eigenvalue weighted by Crippen LogP contribution is 2.14. The van der Waals surface area contributed by atoms with Crippen LogP contribution in [0, 0.1) is 6.92 Å². The van der Waals surface area contributed by atoms with Crippen LogP contribution in [0.1, 0.15) is 16.0 Å². The van der Waals surface area contributed by atoms with E-state index in [9.17, 15) is 0 Å². The lowest BCUT2D eigenvalue weighted by Gasteiger charge is -2.03. The summed E-state index contributed by atoms with van der Waals surface area (Å²) in [4.78, 5) is 5.50. The number of nitrogens with zero attached hydrogens (tertiary/aromatic N) is 1. The van der Waals surface area contributed by atoms with Crippen molar-refractivity contribution in [3.05, 3.63) is 52.0 Å². The molecule has 2 nitrogen and oxygen atoms in total. The lowest BCUT2D eigenvalue weighted by Crippen LogP contribution is -2.12. The number of aryl methyl sites for hydroxylation is 1. The Labute approximate surface area is 94.0 Å². The van der Waals surface area contributed by atoms with E-state index in [4.69, 9.17) is 0 Å². The Balaban J connectivity index is 1.83. The molecule has 0 radical (unpaired) electrons. The number of hydrogen-bond acceptors (Lipinski definition) is 3. The molecule has 2 heterocycles. The molecule has 78 valence electrons. The first-order valence-corrected chi connectivity index (χ1v) is 5.87. The number of thiophene rings is 1. The predicted molar refractivity (Wildman–Crippen MR) is 63.8 cm³/mol. The predicted octanol–water partition coefficient (Wildman–Crippen LogP) is 2.74. The van der Waals surface area contributed by atoms with Gasteiger partial charge in [-0.05, 0) is 35.6 Å². The molecule has 0 saturated carbocycles. The Kier molecular flexibility index (Phi) is 3.48. The molecule has 0 bridgehead atoms. The topological polar surface area (TPSA) is 24.9 Å². The SMILES string of the molecule is Cc1ccsc1CNCc1cccnc1. The van der Waals surface area contributed by atoms with Crippen LogP contribution >= 0.6 is 11.3 Å². The third-order valence-electron chi connectivity index (χ3n) is 2.31. The zero-order valence-electron chi connectivity index (χ0n) is 8.73. The fourth-order valence-electron chi connectivity index (χ4n) is 1.41. The summed E-state index contributed by atoms with van der Waals surface area (Å²) in [6.45, 7) is 3.97. The largest absolute Gasteiger partial charge is 0.308 e. The lowest BCUT2D eigenvalue weighted by atomic mass is 10.2. The average Bonchev–Trinajstić information content (AvgIpc) is 2.66. The van der Waals surface area contributed by atoms with Gasteiger partial charge in [0, 0.05) is 30.4 Å². The van der Waals surface area contributed by atoms with Gasteiger partial charge in [-0.1, -0.05) is 6.07 Å². The van der Waals surface area contributed by atoms with Crippen LogP contribution in [0.5, 0.6) is 0 Å². The summed E-state index contributed by atoms with van der Waals surface area (Å²) in [5, 5.41) is 5.55. The van der Waals surface area contributed by atoms with E-state index < -0.39 is 0 Å². The molecule has 0 unspecified atom stereocenters. The van der Waals surface area contributed by atoms with Gasteiger partial charge in [0.2, 0.25) is 0 Å². The van der Waals surface area contributed by atoms with E-state index in [1.807, 2.05) is 12.3 Å². The Hall–Kier alpha value is -1.19. The monoisotopic (exact) mass is 218 g/mol. The van der Waals surface area contributed by atoms with Crippen molar-refractivity contribution in [2.45, 2.75) is 20.0 Å². The zero-order valence-corrected chi connectivity index (χ0v) is 9.55. The number of nitrogens with one attached hydrogen (secondary N) is 1. The minimum absolute atomic E-state index is 0.880. The number of aromatic nitrogens is 1. The van der Waals surface area contributed by atoms with Crippen LogP contribution in [0.25, 0.3) is 0 Å². The molecule has 0 fully saturated rings. The Bertz CT molecular complexity index is 409. The van der Waals surface area contributed by atoms with Crippen molar-refractivity contribution in [2.24, 2.45) is 0 Å². The summed E-state index contributed by atoms with van der Waals surface area (Å²) >= 11 is 1.81. The first-order valence-electron chi connectivity index (χ1n) is 4.99. The summed E-state index contributed by atoms with van der Waals surface area (Å²) in [6, 6.07) is 6.21. The molecule has 1 N–H and O–H groups in total. The Morgan fingerprint density at radius 2 is 2.27 bits per heavy atom. The van der Waals surface area contributed by atoms with E-state index in [2.05, 4.69) is 34.7 Å². The normalized spacial score (nSPS) is 10.5. The highest BCUT2D eigenvalue weighted by Gasteiger charge is 1.98. The molecular weight excluding hydrogens is 204 g/mol. The van der Waals surface area contributed by atoms with Gasteiger partial charge in [-0.3, -0.25) is 4.98 Å². The van der Waals surface area contributed by atoms with Gasteiger partial charge in [-0.15, -0.1) is 11.3 Å². The second-order valence-electron chi connectivity index (χ2n) is 3.49. The van der Waals surface area contributed by atoms with Gasteiger partial charge in [0.1, 0.15) is 0 Å². The molecule has 15 heavy (non-hydrogen) atoms. The minimum atomic E-state index is 0.880. The van der Waals surface area contributed by atoms with E-state index in [-0.39, 0.29) is 0 Å². The molecule has 0 aromatic carbocycles. The maximum absolute atomic E-state index is 4.08. The quantitative estimate of drug-likeness (QED) is 0.853. The first kappa shape index (κ1) is 10.3. The molecular formula is C12H14N2S. The lowest BCUT2D eigenvalue weighted by molar-refractivity contribution is 0.696. The van der Waals surface area contributed by atoms with E-state index >= 15 is 0 Å². The highest BCUT2D eigenvalue weighted by atomic mass is 32.1. The molecule has 0 atom stereocenters. The zero-order chi connectivity index (χ0) is 10.5. The van der Waals surface area contributed by atoms with Gasteiger partial charge < -0.3 is 5.32 Å². The summed E-state index contributed by atoms with van der Waals surface area (Å²) in [6.07, 6.45) is 3.70. The van der Waals surface area contributed by atoms with Crippen LogP contribution in [-0.2, 0) is 13.1 Å². The second kappa shape index (κ2) is 5.05. The molecule has 0 saturated heterocycles. The summed E-state index contributed by atoms with van der Waals surface area (Å²) < 4.78 is 0. The van der Waals surface area contributed by atoms with Crippen molar-refractivity contribution in [3.8, 4) is 0 Å². The van der Waals surface area contributed by atoms with Crippen LogP contribution in [0.3, 0.4) is 0 Å². The molecule has 0 spiro atoms. The molecule has 0 aliphatic heterocycles. The maximum atomic E-state index is 4.08. The van der Waals surface area contributed by atoms with Crippen LogP contribution in [0.4, 0.5) is 0 Å². The number of hydrogen-bond donors (Lipinski definition) is 1. The number of rotatable bonds is 4. The van der Waals surface area contributed by atoms with Crippen LogP contribution < -0.4 is 5.32 Å². The molecule has 0 amide bonds. The van der Waals surface area contributed by atoms with Crippen LogP contribution in [0.15, 0.2) is 36.0 Å². The molecule has 2 aromatic heterocycles. The van der Waals surface area contributed by atoms with Gasteiger partial charge in [0.25, 0.3) is 0 Å². The Morgan fingerprint density at radius 3 is 2.93 bits per heavy atom. The average molecular weight is 218 g/mol. The molecule has 2 rings (SSSR count). The third-order valence-corrected chi connectivity index (χ3v) is 3.33. The molecule has 0 aliphatic rings. The van der Waals surface area contributed by atoms with Crippen molar-refractivity contribution in [2.75, 3.05) is 0 Å². The van der Waals surface area contributed by atoms with Crippen molar-refractivity contribution in [1.82, 2.24) is 10.3 Å². The van der Waals surface area contributed by atoms with Gasteiger partial charge in [0.05, 0.1) is 0 Å². The van der Waals surface area contributed by atoms with E-state index in [0.29, 0.717) is 0 Å². The number of pyridine rings is 1. The van der Waals surface area contributed by atoms with E-state index in [1.165, 1.54) is 16.0 Å². The summed E-state index contributed by atoms with van der Waals surface area (Å²) in [5.74, 6) is 0. The van der Waals surface area contributed by atoms with Gasteiger partial charge in [-0.25, -0.2) is 0 Å². The standard InChI is InChI=1S/C12H14N2S/c1-10-4-6-15-12(10)9-14-8-11-3-2-5-13-7-11/h2-7,14H,8-9H2,1H3.